The molecule has 0 aliphatic heterocycles. The molecule has 0 aliphatic rings. The SMILES string of the molecule is C[C@H](O)C[C@@H](C)Oc1ccc(-c2ccc(C(=O)O[C@@H](C)C[C@@H](C)O)cc2)cc1. The maximum Gasteiger partial charge on any atom is 0.338 e. The Morgan fingerprint density at radius 1 is 0.786 bits per heavy atom. The van der Waals surface area contributed by atoms with Crippen molar-refractivity contribution in [3.63, 3.8) is 0 Å². The molecular weight excluding hydrogens is 356 g/mol. The van der Waals surface area contributed by atoms with Crippen LogP contribution < -0.4 is 4.74 Å². The van der Waals surface area contributed by atoms with Crippen LogP contribution in [0, 0.1) is 0 Å². The number of ether oxygens (including phenoxy) is 2. The topological polar surface area (TPSA) is 76.0 Å². The Kier molecular flexibility index (Phi) is 8.03. The summed E-state index contributed by atoms with van der Waals surface area (Å²) in [7, 11) is 0. The number of rotatable bonds is 9. The molecule has 0 aliphatic carbocycles. The lowest BCUT2D eigenvalue weighted by Crippen LogP contribution is -2.19. The van der Waals surface area contributed by atoms with Crippen molar-refractivity contribution in [2.75, 3.05) is 0 Å². The van der Waals surface area contributed by atoms with Crippen molar-refractivity contribution in [1.29, 1.82) is 0 Å². The second-order valence-corrected chi connectivity index (χ2v) is 7.42. The summed E-state index contributed by atoms with van der Waals surface area (Å²) in [6, 6.07) is 14.9. The minimum Gasteiger partial charge on any atom is -0.491 e. The third kappa shape index (κ3) is 6.98. The van der Waals surface area contributed by atoms with Gasteiger partial charge < -0.3 is 19.7 Å². The molecule has 152 valence electrons. The fourth-order valence-electron chi connectivity index (χ4n) is 3.06. The molecule has 5 heteroatoms. The highest BCUT2D eigenvalue weighted by Crippen LogP contribution is 2.24. The van der Waals surface area contributed by atoms with Gasteiger partial charge in [-0.3, -0.25) is 0 Å². The van der Waals surface area contributed by atoms with Crippen molar-refractivity contribution in [2.24, 2.45) is 0 Å². The Bertz CT molecular complexity index is 735. The molecule has 2 aromatic carbocycles. The molecule has 0 spiro atoms. The van der Waals surface area contributed by atoms with E-state index in [0.717, 1.165) is 16.9 Å². The van der Waals surface area contributed by atoms with E-state index in [1.165, 1.54) is 0 Å². The van der Waals surface area contributed by atoms with Gasteiger partial charge >= 0.3 is 5.97 Å². The molecule has 0 saturated heterocycles. The summed E-state index contributed by atoms with van der Waals surface area (Å²) in [6.07, 6.45) is -0.312. The average molecular weight is 386 g/mol. The Labute approximate surface area is 166 Å². The molecule has 2 aromatic rings. The lowest BCUT2D eigenvalue weighted by Gasteiger charge is -2.16. The highest BCUT2D eigenvalue weighted by Gasteiger charge is 2.14. The van der Waals surface area contributed by atoms with E-state index in [-0.39, 0.29) is 12.2 Å². The first-order valence-electron chi connectivity index (χ1n) is 9.69. The van der Waals surface area contributed by atoms with Gasteiger partial charge in [0.1, 0.15) is 11.9 Å². The van der Waals surface area contributed by atoms with Gasteiger partial charge in [-0.25, -0.2) is 4.79 Å². The molecule has 5 nitrogen and oxygen atoms in total. The molecule has 2 N–H and O–H groups in total. The maximum absolute atomic E-state index is 12.2. The molecule has 0 amide bonds. The Morgan fingerprint density at radius 3 is 1.75 bits per heavy atom. The maximum atomic E-state index is 12.2. The van der Waals surface area contributed by atoms with Crippen molar-refractivity contribution in [3.8, 4) is 16.9 Å². The van der Waals surface area contributed by atoms with Gasteiger partial charge in [-0.05, 0) is 63.1 Å². The van der Waals surface area contributed by atoms with E-state index in [2.05, 4.69) is 0 Å². The zero-order chi connectivity index (χ0) is 20.7. The van der Waals surface area contributed by atoms with Gasteiger partial charge in [0.2, 0.25) is 0 Å². The van der Waals surface area contributed by atoms with Gasteiger partial charge in [-0.15, -0.1) is 0 Å². The van der Waals surface area contributed by atoms with E-state index in [0.29, 0.717) is 18.4 Å². The molecule has 0 unspecified atom stereocenters. The molecule has 0 fully saturated rings. The zero-order valence-electron chi connectivity index (χ0n) is 17.0. The Hall–Kier alpha value is -2.37. The third-order valence-corrected chi connectivity index (χ3v) is 4.30. The van der Waals surface area contributed by atoms with Crippen LogP contribution in [0.15, 0.2) is 48.5 Å². The predicted octanol–water partition coefficient (Wildman–Crippen LogP) is 4.21. The normalized spacial score (nSPS) is 15.4. The number of hydrogen-bond donors (Lipinski definition) is 2. The predicted molar refractivity (Wildman–Crippen MR) is 109 cm³/mol. The summed E-state index contributed by atoms with van der Waals surface area (Å²) in [5, 5.41) is 18.8. The van der Waals surface area contributed by atoms with Gasteiger partial charge in [0.15, 0.2) is 0 Å². The van der Waals surface area contributed by atoms with Crippen LogP contribution in [0.5, 0.6) is 5.75 Å². The second-order valence-electron chi connectivity index (χ2n) is 7.42. The van der Waals surface area contributed by atoms with Gasteiger partial charge in [-0.2, -0.15) is 0 Å². The second kappa shape index (κ2) is 10.2. The standard InChI is InChI=1S/C23H30O5/c1-15(24)13-17(3)27-22-11-9-20(10-12-22)19-5-7-21(8-6-19)23(26)28-18(4)14-16(2)25/h5-12,15-18,24-25H,13-14H2,1-4H3/t15-,16+,17+,18-/m0/s1. The van der Waals surface area contributed by atoms with Crippen LogP contribution in [-0.4, -0.2) is 40.6 Å². The van der Waals surface area contributed by atoms with E-state index in [9.17, 15) is 15.0 Å². The molecule has 0 aromatic heterocycles. The fraction of sp³-hybridized carbons (Fsp3) is 0.435. The molecule has 0 heterocycles. The third-order valence-electron chi connectivity index (χ3n) is 4.30. The number of esters is 1. The largest absolute Gasteiger partial charge is 0.491 e. The van der Waals surface area contributed by atoms with Crippen LogP contribution in [0.2, 0.25) is 0 Å². The van der Waals surface area contributed by atoms with Gasteiger partial charge in [0, 0.05) is 12.8 Å². The summed E-state index contributed by atoms with van der Waals surface area (Å²) in [5.74, 6) is 0.361. The van der Waals surface area contributed by atoms with Crippen molar-refractivity contribution >= 4 is 5.97 Å². The zero-order valence-corrected chi connectivity index (χ0v) is 17.0. The van der Waals surface area contributed by atoms with Crippen LogP contribution in [0.1, 0.15) is 50.9 Å². The highest BCUT2D eigenvalue weighted by atomic mass is 16.5. The van der Waals surface area contributed by atoms with Crippen molar-refractivity contribution in [2.45, 2.75) is 65.0 Å². The molecule has 0 bridgehead atoms. The van der Waals surface area contributed by atoms with E-state index in [1.807, 2.05) is 43.3 Å². The summed E-state index contributed by atoms with van der Waals surface area (Å²) in [5.41, 5.74) is 2.48. The summed E-state index contributed by atoms with van der Waals surface area (Å²) in [4.78, 5) is 12.2. The van der Waals surface area contributed by atoms with Gasteiger partial charge in [0.05, 0.1) is 23.9 Å². The van der Waals surface area contributed by atoms with E-state index < -0.39 is 18.2 Å². The van der Waals surface area contributed by atoms with E-state index in [1.54, 1.807) is 32.9 Å². The summed E-state index contributed by atoms with van der Waals surface area (Å²) >= 11 is 0. The first-order valence-corrected chi connectivity index (χ1v) is 9.69. The van der Waals surface area contributed by atoms with E-state index in [4.69, 9.17) is 9.47 Å². The minimum absolute atomic E-state index is 0.0626. The van der Waals surface area contributed by atoms with Crippen molar-refractivity contribution in [3.05, 3.63) is 54.1 Å². The number of carbonyl (C=O) groups excluding carboxylic acids is 1. The van der Waals surface area contributed by atoms with Crippen LogP contribution in [-0.2, 0) is 4.74 Å². The molecule has 2 rings (SSSR count). The fourth-order valence-corrected chi connectivity index (χ4v) is 3.06. The highest BCUT2D eigenvalue weighted by molar-refractivity contribution is 5.90. The molecule has 28 heavy (non-hydrogen) atoms. The van der Waals surface area contributed by atoms with Crippen LogP contribution in [0.3, 0.4) is 0 Å². The smallest absolute Gasteiger partial charge is 0.338 e. The lowest BCUT2D eigenvalue weighted by atomic mass is 10.0. The monoisotopic (exact) mass is 386 g/mol. The van der Waals surface area contributed by atoms with Crippen molar-refractivity contribution < 1.29 is 24.5 Å². The Balaban J connectivity index is 1.98. The number of benzene rings is 2. The first-order chi connectivity index (χ1) is 13.2. The summed E-state index contributed by atoms with van der Waals surface area (Å²) in [6.45, 7) is 7.12. The van der Waals surface area contributed by atoms with Crippen LogP contribution in [0.25, 0.3) is 11.1 Å². The first kappa shape index (κ1) is 21.9. The number of hydrogen-bond acceptors (Lipinski definition) is 5. The van der Waals surface area contributed by atoms with Crippen molar-refractivity contribution in [1.82, 2.24) is 0 Å². The number of carbonyl (C=O) groups is 1. The summed E-state index contributed by atoms with van der Waals surface area (Å²) < 4.78 is 11.1. The molecule has 4 atom stereocenters. The number of aliphatic hydroxyl groups is 2. The molecular formula is C23H30O5. The Morgan fingerprint density at radius 2 is 1.25 bits per heavy atom. The molecule has 0 saturated carbocycles. The quantitative estimate of drug-likeness (QED) is 0.632. The van der Waals surface area contributed by atoms with Gasteiger partial charge in [-0.1, -0.05) is 24.3 Å². The van der Waals surface area contributed by atoms with E-state index >= 15 is 0 Å². The number of aliphatic hydroxyl groups excluding tert-OH is 2. The van der Waals surface area contributed by atoms with Gasteiger partial charge in [0.25, 0.3) is 0 Å². The van der Waals surface area contributed by atoms with Crippen LogP contribution in [0.4, 0.5) is 0 Å². The van der Waals surface area contributed by atoms with Crippen LogP contribution >= 0.6 is 0 Å². The average Bonchev–Trinajstić information content (AvgIpc) is 2.61. The minimum atomic E-state index is -0.507. The lowest BCUT2D eigenvalue weighted by molar-refractivity contribution is 0.0222. The molecule has 0 radical (unpaired) electrons.